The van der Waals surface area contributed by atoms with Crippen LogP contribution in [-0.2, 0) is 59.1 Å². The molecule has 0 saturated carbocycles. The van der Waals surface area contributed by atoms with Crippen LogP contribution in [0.1, 0.15) is 92.1 Å². The summed E-state index contributed by atoms with van der Waals surface area (Å²) in [4.78, 5) is 140. The zero-order valence-electron chi connectivity index (χ0n) is 43.1. The summed E-state index contributed by atoms with van der Waals surface area (Å²) in [6.45, 7) is 8.88. The maximum absolute atomic E-state index is 14.3. The second-order valence-corrected chi connectivity index (χ2v) is 17.9. The number of esters is 1. The van der Waals surface area contributed by atoms with E-state index in [0.29, 0.717) is 12.0 Å². The Hall–Kier alpha value is -8.32. The van der Waals surface area contributed by atoms with Gasteiger partial charge >= 0.3 is 17.9 Å². The van der Waals surface area contributed by atoms with Gasteiger partial charge in [0.2, 0.25) is 35.4 Å². The van der Waals surface area contributed by atoms with Gasteiger partial charge < -0.3 is 75.1 Å². The minimum atomic E-state index is -1.93. The molecule has 0 aliphatic carbocycles. The van der Waals surface area contributed by atoms with Gasteiger partial charge in [-0.2, -0.15) is 0 Å². The van der Waals surface area contributed by atoms with E-state index in [1.54, 1.807) is 13.0 Å². The van der Waals surface area contributed by atoms with Gasteiger partial charge in [0.25, 0.3) is 5.91 Å². The van der Waals surface area contributed by atoms with Crippen LogP contribution in [0.5, 0.6) is 0 Å². The van der Waals surface area contributed by atoms with Gasteiger partial charge in [0.1, 0.15) is 42.0 Å². The summed E-state index contributed by atoms with van der Waals surface area (Å²) in [5.74, 6) is -12.4. The third kappa shape index (κ3) is 23.8. The Balaban J connectivity index is 2.72. The fraction of sp³-hybridized carbons (Fsp3) is 0.510. The molecule has 0 aromatic heterocycles. The van der Waals surface area contributed by atoms with E-state index in [2.05, 4.69) is 47.2 Å². The second-order valence-electron chi connectivity index (χ2n) is 17.9. The molecule has 0 spiro atoms. The number of rotatable bonds is 17. The van der Waals surface area contributed by atoms with E-state index in [1.165, 1.54) is 39.8 Å². The Bertz CT molecular complexity index is 2350. The zero-order valence-corrected chi connectivity index (χ0v) is 43.1. The Labute approximate surface area is 434 Å². The summed E-state index contributed by atoms with van der Waals surface area (Å²) < 4.78 is 5.67. The Morgan fingerprint density at radius 2 is 1.31 bits per heavy atom. The number of nitrogens with two attached hydrogens (primary N) is 4. The highest BCUT2D eigenvalue weighted by Gasteiger charge is 2.34. The minimum absolute atomic E-state index is 0.00827. The van der Waals surface area contributed by atoms with Gasteiger partial charge in [0, 0.05) is 38.8 Å². The van der Waals surface area contributed by atoms with Crippen molar-refractivity contribution in [2.24, 2.45) is 44.8 Å². The number of aliphatic carboxylic acids is 2. The highest BCUT2D eigenvalue weighted by Crippen LogP contribution is 2.19. The first-order chi connectivity index (χ1) is 35.3. The third-order valence-electron chi connectivity index (χ3n) is 11.5. The summed E-state index contributed by atoms with van der Waals surface area (Å²) in [5, 5.41) is 37.4. The number of amides is 7. The quantitative estimate of drug-likeness (QED) is 0.0207. The van der Waals surface area contributed by atoms with E-state index >= 15 is 0 Å². The molecule has 7 amide bonds. The van der Waals surface area contributed by atoms with Gasteiger partial charge in [0.05, 0.1) is 18.4 Å². The monoisotopic (exact) mass is 1050 g/mol. The SMILES string of the molecule is CC=C1NC(=O)CC[C@H](C(=O)O)NC(=O)[C@@H](C)[C@H](C=CC(C)=C[C@H](C)[C@H](Cc2ccccc2)OC(C)=O)NC(=O)[C@H](CCCN=C(N)N)NC(=O)C[C@H](C(=O)O)NC(=O)[C@H](CCCN=C(N)N)NC(=O)[C@@H](C)NC1=O. The summed E-state index contributed by atoms with van der Waals surface area (Å²) in [6.07, 6.45) is 3.78. The first-order valence-electron chi connectivity index (χ1n) is 24.2. The predicted octanol–water partition coefficient (Wildman–Crippen LogP) is -1.66. The molecule has 2 rings (SSSR count). The van der Waals surface area contributed by atoms with Crippen molar-refractivity contribution in [2.45, 2.75) is 135 Å². The van der Waals surface area contributed by atoms with Crippen LogP contribution >= 0.6 is 0 Å². The van der Waals surface area contributed by atoms with E-state index in [-0.39, 0.29) is 62.3 Å². The van der Waals surface area contributed by atoms with Gasteiger partial charge in [-0.25, -0.2) is 9.59 Å². The van der Waals surface area contributed by atoms with Crippen LogP contribution in [-0.4, -0.2) is 137 Å². The maximum atomic E-state index is 14.3. The number of allylic oxidation sites excluding steroid dienone is 3. The number of carboxylic acid groups (broad SMARTS) is 2. The molecule has 0 radical (unpaired) electrons. The Kier molecular flexibility index (Phi) is 26.8. The van der Waals surface area contributed by atoms with Crippen molar-refractivity contribution in [1.29, 1.82) is 0 Å². The second kappa shape index (κ2) is 32.0. The molecule has 75 heavy (non-hydrogen) atoms. The van der Waals surface area contributed by atoms with Gasteiger partial charge in [-0.15, -0.1) is 0 Å². The van der Waals surface area contributed by atoms with Crippen molar-refractivity contribution in [3.8, 4) is 0 Å². The molecule has 0 bridgehead atoms. The summed E-state index contributed by atoms with van der Waals surface area (Å²) >= 11 is 0. The highest BCUT2D eigenvalue weighted by molar-refractivity contribution is 6.00. The van der Waals surface area contributed by atoms with E-state index in [0.717, 1.165) is 5.56 Å². The van der Waals surface area contributed by atoms with Gasteiger partial charge in [-0.3, -0.25) is 48.3 Å². The molecule has 1 fully saturated rings. The molecule has 1 aromatic carbocycles. The normalized spacial score (nSPS) is 23.7. The fourth-order valence-corrected chi connectivity index (χ4v) is 7.40. The molecule has 1 heterocycles. The van der Waals surface area contributed by atoms with Gasteiger partial charge in [-0.1, -0.05) is 74.1 Å². The molecule has 1 aliphatic heterocycles. The van der Waals surface area contributed by atoms with Gasteiger partial charge in [0.15, 0.2) is 11.9 Å². The molecule has 26 nitrogen and oxygen atoms in total. The largest absolute Gasteiger partial charge is 0.480 e. The number of carboxylic acids is 2. The Morgan fingerprint density at radius 1 is 0.747 bits per heavy atom. The number of carbonyl (C=O) groups is 10. The lowest BCUT2D eigenvalue weighted by molar-refractivity contribution is -0.148. The van der Waals surface area contributed by atoms with Crippen molar-refractivity contribution in [3.05, 3.63) is 71.5 Å². The van der Waals surface area contributed by atoms with Crippen LogP contribution in [0, 0.1) is 11.8 Å². The molecule has 17 N–H and O–H groups in total. The Morgan fingerprint density at radius 3 is 1.85 bits per heavy atom. The molecule has 26 heteroatoms. The number of aliphatic imine (C=N–C) groups is 2. The smallest absolute Gasteiger partial charge is 0.326 e. The van der Waals surface area contributed by atoms with E-state index in [9.17, 15) is 58.2 Å². The van der Waals surface area contributed by atoms with Crippen LogP contribution in [0.15, 0.2) is 75.9 Å². The van der Waals surface area contributed by atoms with Crippen molar-refractivity contribution >= 4 is 71.2 Å². The summed E-state index contributed by atoms with van der Waals surface area (Å²) in [6, 6.07) is 0.201. The maximum Gasteiger partial charge on any atom is 0.326 e. The molecule has 9 atom stereocenters. The number of carbonyl (C=O) groups excluding carboxylic acids is 8. The highest BCUT2D eigenvalue weighted by atomic mass is 16.5. The number of nitrogens with one attached hydrogen (secondary N) is 7. The fourth-order valence-electron chi connectivity index (χ4n) is 7.40. The van der Waals surface area contributed by atoms with Crippen molar-refractivity contribution in [2.75, 3.05) is 13.1 Å². The number of hydrogen-bond acceptors (Lipinski definition) is 13. The van der Waals surface area contributed by atoms with Crippen LogP contribution in [0.25, 0.3) is 0 Å². The molecule has 0 unspecified atom stereocenters. The predicted molar refractivity (Wildman–Crippen MR) is 275 cm³/mol. The lowest BCUT2D eigenvalue weighted by Gasteiger charge is -2.27. The first-order valence-corrected chi connectivity index (χ1v) is 24.2. The zero-order chi connectivity index (χ0) is 56.4. The van der Waals surface area contributed by atoms with Crippen molar-refractivity contribution in [3.63, 3.8) is 0 Å². The number of nitrogens with zero attached hydrogens (tertiary/aromatic N) is 2. The molecule has 1 saturated heterocycles. The lowest BCUT2D eigenvalue weighted by Crippen LogP contribution is -2.56. The summed E-state index contributed by atoms with van der Waals surface area (Å²) in [7, 11) is 0. The topological polar surface area (TPSA) is 433 Å². The molecular formula is C49H73N13O13. The van der Waals surface area contributed by atoms with Gasteiger partial charge in [-0.05, 0) is 58.4 Å². The van der Waals surface area contributed by atoms with E-state index in [4.69, 9.17) is 27.7 Å². The standard InChI is InChI=1S/C49H73N13O13/c1-7-32-43(68)56-29(5)42(67)60-35(16-12-22-55-49(52)53)45(70)62-37(47(73)74)25-40(65)58-34(15-11-21-54-48(50)51)44(69)59-33(28(4)41(66)61-36(46(71)72)19-20-39(64)57-32)18-17-26(2)23-27(3)38(75-30(6)63)24-31-13-9-8-10-14-31/h7-10,13-14,17-18,23,27-29,33-38H,11-12,15-16,19-22,24-25H2,1-6H3,(H,56,68)(H,57,64)(H,58,65)(H,59,69)(H,60,67)(H,61,66)(H,62,70)(H,71,72)(H,73,74)(H4,50,51,54)(H4,52,53,55)/t27-,28-,29+,33-,34-,35-,36+,37+,38-/m0/s1. The molecule has 412 valence electrons. The molecular weight excluding hydrogens is 979 g/mol. The first kappa shape index (κ1) is 62.8. The number of guanidine groups is 2. The summed E-state index contributed by atoms with van der Waals surface area (Å²) in [5.41, 5.74) is 23.0. The number of benzene rings is 1. The van der Waals surface area contributed by atoms with Crippen LogP contribution in [0.3, 0.4) is 0 Å². The average Bonchev–Trinajstić information content (AvgIpc) is 3.33. The number of hydrogen-bond donors (Lipinski definition) is 13. The minimum Gasteiger partial charge on any atom is -0.480 e. The van der Waals surface area contributed by atoms with Crippen LogP contribution < -0.4 is 60.2 Å². The molecule has 1 aliphatic rings. The van der Waals surface area contributed by atoms with Crippen molar-refractivity contribution in [1.82, 2.24) is 37.2 Å². The van der Waals surface area contributed by atoms with E-state index < -0.39 is 127 Å². The van der Waals surface area contributed by atoms with Crippen molar-refractivity contribution < 1.29 is 62.9 Å². The lowest BCUT2D eigenvalue weighted by atomic mass is 9.94. The van der Waals surface area contributed by atoms with Crippen LogP contribution in [0.4, 0.5) is 0 Å². The van der Waals surface area contributed by atoms with E-state index in [1.807, 2.05) is 43.3 Å². The average molecular weight is 1050 g/mol. The molecule has 1 aromatic rings. The number of ether oxygens (including phenoxy) is 1. The third-order valence-corrected chi connectivity index (χ3v) is 11.5. The van der Waals surface area contributed by atoms with Crippen LogP contribution in [0.2, 0.25) is 0 Å².